The minimum Gasteiger partial charge on any atom is -0.396 e. The van der Waals surface area contributed by atoms with Gasteiger partial charge in [0, 0.05) is 38.2 Å². The van der Waals surface area contributed by atoms with Crippen LogP contribution in [-0.4, -0.2) is 61.3 Å². The van der Waals surface area contributed by atoms with Crippen molar-refractivity contribution in [2.45, 2.75) is 13.3 Å². The second-order valence-corrected chi connectivity index (χ2v) is 5.45. The zero-order valence-corrected chi connectivity index (χ0v) is 9.37. The Kier molecular flexibility index (Phi) is 2.82. The van der Waals surface area contributed by atoms with Crippen LogP contribution in [0.15, 0.2) is 0 Å². The maximum absolute atomic E-state index is 9.00. The van der Waals surface area contributed by atoms with E-state index in [1.165, 1.54) is 32.6 Å². The fourth-order valence-corrected chi connectivity index (χ4v) is 3.04. The van der Waals surface area contributed by atoms with Gasteiger partial charge in [-0.05, 0) is 25.9 Å². The molecule has 3 heteroatoms. The van der Waals surface area contributed by atoms with E-state index in [1.54, 1.807) is 0 Å². The van der Waals surface area contributed by atoms with Crippen LogP contribution in [0.3, 0.4) is 0 Å². The number of aliphatic hydroxyl groups excluding tert-OH is 1. The molecule has 0 aromatic rings. The van der Waals surface area contributed by atoms with E-state index in [1.807, 2.05) is 0 Å². The van der Waals surface area contributed by atoms with Crippen LogP contribution < -0.4 is 0 Å². The Bertz CT molecular complexity index is 201. The van der Waals surface area contributed by atoms with E-state index in [4.69, 9.17) is 5.11 Å². The van der Waals surface area contributed by atoms with Gasteiger partial charge in [-0.15, -0.1) is 0 Å². The third-order valence-electron chi connectivity index (χ3n) is 3.61. The molecular weight excluding hydrogens is 176 g/mol. The van der Waals surface area contributed by atoms with E-state index in [-0.39, 0.29) is 0 Å². The van der Waals surface area contributed by atoms with Crippen LogP contribution >= 0.6 is 0 Å². The van der Waals surface area contributed by atoms with Gasteiger partial charge in [0.2, 0.25) is 0 Å². The maximum Gasteiger partial charge on any atom is 0.0468 e. The third kappa shape index (κ3) is 1.95. The van der Waals surface area contributed by atoms with Gasteiger partial charge in [0.25, 0.3) is 0 Å². The molecule has 2 aliphatic heterocycles. The second kappa shape index (κ2) is 3.80. The van der Waals surface area contributed by atoms with Gasteiger partial charge >= 0.3 is 0 Å². The zero-order chi connectivity index (χ0) is 10.2. The molecule has 0 aromatic heterocycles. The number of aliphatic hydroxyl groups is 1. The predicted molar refractivity (Wildman–Crippen MR) is 57.2 cm³/mol. The van der Waals surface area contributed by atoms with Crippen molar-refractivity contribution in [3.63, 3.8) is 0 Å². The van der Waals surface area contributed by atoms with Crippen LogP contribution in [0.1, 0.15) is 13.3 Å². The fraction of sp³-hybridized carbons (Fsp3) is 1.00. The molecule has 1 spiro atoms. The summed E-state index contributed by atoms with van der Waals surface area (Å²) in [6, 6.07) is 0. The van der Waals surface area contributed by atoms with Gasteiger partial charge in [-0.3, -0.25) is 0 Å². The van der Waals surface area contributed by atoms with Gasteiger partial charge in [-0.1, -0.05) is 6.92 Å². The van der Waals surface area contributed by atoms with Gasteiger partial charge in [0.05, 0.1) is 0 Å². The Morgan fingerprint density at radius 2 is 2.07 bits per heavy atom. The van der Waals surface area contributed by atoms with E-state index in [0.29, 0.717) is 17.9 Å². The van der Waals surface area contributed by atoms with Gasteiger partial charge in [-0.25, -0.2) is 0 Å². The lowest BCUT2D eigenvalue weighted by atomic mass is 9.79. The molecule has 0 saturated carbocycles. The normalized spacial score (nSPS) is 29.4. The molecule has 1 atom stereocenters. The summed E-state index contributed by atoms with van der Waals surface area (Å²) in [7, 11) is 2.20. The van der Waals surface area contributed by atoms with Crippen molar-refractivity contribution < 1.29 is 5.11 Å². The summed E-state index contributed by atoms with van der Waals surface area (Å²) >= 11 is 0. The van der Waals surface area contributed by atoms with Crippen LogP contribution in [0.2, 0.25) is 0 Å². The van der Waals surface area contributed by atoms with E-state index in [9.17, 15) is 0 Å². The molecule has 2 rings (SSSR count). The molecule has 1 N–H and O–H groups in total. The average Bonchev–Trinajstić information content (AvgIpc) is 2.48. The summed E-state index contributed by atoms with van der Waals surface area (Å²) in [6.07, 6.45) is 1.36. The molecule has 2 saturated heterocycles. The van der Waals surface area contributed by atoms with Crippen LogP contribution in [0.5, 0.6) is 0 Å². The van der Waals surface area contributed by atoms with Crippen LogP contribution in [-0.2, 0) is 0 Å². The van der Waals surface area contributed by atoms with E-state index < -0.39 is 0 Å². The monoisotopic (exact) mass is 198 g/mol. The highest BCUT2D eigenvalue weighted by molar-refractivity contribution is 5.00. The van der Waals surface area contributed by atoms with Crippen LogP contribution in [0, 0.1) is 11.3 Å². The zero-order valence-electron chi connectivity index (χ0n) is 9.37. The number of hydrogen-bond acceptors (Lipinski definition) is 3. The van der Waals surface area contributed by atoms with E-state index >= 15 is 0 Å². The molecule has 0 aliphatic carbocycles. The van der Waals surface area contributed by atoms with Crippen molar-refractivity contribution in [3.8, 4) is 0 Å². The van der Waals surface area contributed by atoms with Crippen molar-refractivity contribution in [3.05, 3.63) is 0 Å². The van der Waals surface area contributed by atoms with Crippen LogP contribution in [0.4, 0.5) is 0 Å². The Balaban J connectivity index is 1.78. The largest absolute Gasteiger partial charge is 0.396 e. The van der Waals surface area contributed by atoms with Gasteiger partial charge in [0.1, 0.15) is 0 Å². The summed E-state index contributed by atoms with van der Waals surface area (Å²) in [5.41, 5.74) is 0.615. The smallest absolute Gasteiger partial charge is 0.0468 e. The highest BCUT2D eigenvalue weighted by Gasteiger charge is 2.45. The molecule has 0 bridgehead atoms. The summed E-state index contributed by atoms with van der Waals surface area (Å²) in [5, 5.41) is 9.00. The molecular formula is C11H22N2O. The van der Waals surface area contributed by atoms with E-state index in [0.717, 1.165) is 6.54 Å². The topological polar surface area (TPSA) is 26.7 Å². The first-order valence-electron chi connectivity index (χ1n) is 5.65. The SMILES string of the molecule is CC(CO)CN1CCC2(CN(C)C2)C1. The number of hydrogen-bond donors (Lipinski definition) is 1. The Labute approximate surface area is 86.7 Å². The Hall–Kier alpha value is -0.120. The first kappa shape index (κ1) is 10.4. The second-order valence-electron chi connectivity index (χ2n) is 5.45. The number of rotatable bonds is 3. The average molecular weight is 198 g/mol. The quantitative estimate of drug-likeness (QED) is 0.704. The third-order valence-corrected chi connectivity index (χ3v) is 3.61. The van der Waals surface area contributed by atoms with Gasteiger partial charge in [-0.2, -0.15) is 0 Å². The standard InChI is InChI=1S/C11H22N2O/c1-10(6-14)5-13-4-3-11(9-13)7-12(2)8-11/h10,14H,3-9H2,1-2H3. The molecule has 2 heterocycles. The summed E-state index contributed by atoms with van der Waals surface area (Å²) < 4.78 is 0. The van der Waals surface area contributed by atoms with E-state index in [2.05, 4.69) is 23.8 Å². The highest BCUT2D eigenvalue weighted by atomic mass is 16.3. The lowest BCUT2D eigenvalue weighted by Gasteiger charge is -2.46. The molecule has 2 fully saturated rings. The summed E-state index contributed by atoms with van der Waals surface area (Å²) in [5.74, 6) is 0.433. The molecule has 0 amide bonds. The minimum atomic E-state index is 0.323. The molecule has 3 nitrogen and oxygen atoms in total. The first-order valence-corrected chi connectivity index (χ1v) is 5.65. The molecule has 0 aromatic carbocycles. The fourth-order valence-electron chi connectivity index (χ4n) is 3.04. The van der Waals surface area contributed by atoms with Crippen LogP contribution in [0.25, 0.3) is 0 Å². The molecule has 14 heavy (non-hydrogen) atoms. The lowest BCUT2D eigenvalue weighted by molar-refractivity contribution is 0.0287. The first-order chi connectivity index (χ1) is 6.63. The molecule has 82 valence electrons. The highest BCUT2D eigenvalue weighted by Crippen LogP contribution is 2.38. The lowest BCUT2D eigenvalue weighted by Crippen LogP contribution is -2.55. The van der Waals surface area contributed by atoms with Crippen molar-refractivity contribution in [2.75, 3.05) is 46.4 Å². The molecule has 0 radical (unpaired) electrons. The molecule has 1 unspecified atom stereocenters. The molecule has 2 aliphatic rings. The van der Waals surface area contributed by atoms with Crippen molar-refractivity contribution in [1.82, 2.24) is 9.80 Å². The Morgan fingerprint density at radius 3 is 2.64 bits per heavy atom. The van der Waals surface area contributed by atoms with Crippen molar-refractivity contribution >= 4 is 0 Å². The summed E-state index contributed by atoms with van der Waals surface area (Å²) in [4.78, 5) is 4.92. The van der Waals surface area contributed by atoms with Crippen molar-refractivity contribution in [1.29, 1.82) is 0 Å². The predicted octanol–water partition coefficient (Wildman–Crippen LogP) is 0.252. The summed E-state index contributed by atoms with van der Waals surface area (Å²) in [6.45, 7) is 8.55. The number of nitrogens with zero attached hydrogens (tertiary/aromatic N) is 2. The Morgan fingerprint density at radius 1 is 1.36 bits per heavy atom. The number of likely N-dealkylation sites (tertiary alicyclic amines) is 2. The van der Waals surface area contributed by atoms with Gasteiger partial charge in [0.15, 0.2) is 0 Å². The maximum atomic E-state index is 9.00. The van der Waals surface area contributed by atoms with Gasteiger partial charge < -0.3 is 14.9 Å². The minimum absolute atomic E-state index is 0.323. The van der Waals surface area contributed by atoms with Crippen molar-refractivity contribution in [2.24, 2.45) is 11.3 Å².